The van der Waals surface area contributed by atoms with Crippen LogP contribution in [0.15, 0.2) is 0 Å². The van der Waals surface area contributed by atoms with Gasteiger partial charge in [-0.3, -0.25) is 4.79 Å². The number of hydrogen-bond acceptors (Lipinski definition) is 2. The van der Waals surface area contributed by atoms with Gasteiger partial charge in [-0.15, -0.1) is 0 Å². The Balaban J connectivity index is 2.42. The maximum Gasteiger partial charge on any atom is 0.162 e. The van der Waals surface area contributed by atoms with E-state index in [0.29, 0.717) is 13.0 Å². The Morgan fingerprint density at radius 2 is 2.00 bits per heavy atom. The molecule has 1 fully saturated rings. The summed E-state index contributed by atoms with van der Waals surface area (Å²) in [6.07, 6.45) is 4.01. The largest absolute Gasteiger partial charge is 0.371 e. The lowest BCUT2D eigenvalue weighted by Crippen LogP contribution is -2.28. The maximum atomic E-state index is 12.0. The van der Waals surface area contributed by atoms with E-state index in [4.69, 9.17) is 4.74 Å². The SMILES string of the molecule is CCOC(CC1CC1)C(=O)CC(C)(C)C. The average molecular weight is 212 g/mol. The molecule has 0 radical (unpaired) electrons. The van der Waals surface area contributed by atoms with Crippen LogP contribution in [-0.2, 0) is 9.53 Å². The van der Waals surface area contributed by atoms with Crippen LogP contribution in [-0.4, -0.2) is 18.5 Å². The third-order valence-corrected chi connectivity index (χ3v) is 2.68. The minimum atomic E-state index is -0.137. The van der Waals surface area contributed by atoms with Crippen LogP contribution in [0.5, 0.6) is 0 Å². The molecular weight excluding hydrogens is 188 g/mol. The minimum Gasteiger partial charge on any atom is -0.371 e. The first-order chi connectivity index (χ1) is 6.92. The van der Waals surface area contributed by atoms with Gasteiger partial charge >= 0.3 is 0 Å². The number of carbonyl (C=O) groups is 1. The number of ketones is 1. The molecule has 0 saturated heterocycles. The average Bonchev–Trinajstić information content (AvgIpc) is 2.84. The van der Waals surface area contributed by atoms with Crippen molar-refractivity contribution >= 4 is 5.78 Å². The first-order valence-corrected chi connectivity index (χ1v) is 6.06. The molecule has 1 rings (SSSR count). The summed E-state index contributed by atoms with van der Waals surface area (Å²) in [6.45, 7) is 8.92. The summed E-state index contributed by atoms with van der Waals surface area (Å²) in [5.41, 5.74) is 0.0794. The molecule has 2 heteroatoms. The molecule has 1 aliphatic rings. The lowest BCUT2D eigenvalue weighted by atomic mass is 9.87. The van der Waals surface area contributed by atoms with E-state index in [-0.39, 0.29) is 17.3 Å². The number of hydrogen-bond donors (Lipinski definition) is 0. The summed E-state index contributed by atoms with van der Waals surface area (Å²) in [5, 5.41) is 0. The van der Waals surface area contributed by atoms with Crippen molar-refractivity contribution in [3.63, 3.8) is 0 Å². The van der Waals surface area contributed by atoms with E-state index in [1.165, 1.54) is 12.8 Å². The Morgan fingerprint density at radius 1 is 1.40 bits per heavy atom. The van der Waals surface area contributed by atoms with Crippen molar-refractivity contribution < 1.29 is 9.53 Å². The van der Waals surface area contributed by atoms with Gasteiger partial charge in [0, 0.05) is 13.0 Å². The van der Waals surface area contributed by atoms with Crippen LogP contribution >= 0.6 is 0 Å². The van der Waals surface area contributed by atoms with Gasteiger partial charge in [0.05, 0.1) is 0 Å². The Kier molecular flexibility index (Phi) is 4.32. The van der Waals surface area contributed by atoms with E-state index >= 15 is 0 Å². The predicted octanol–water partition coefficient (Wildman–Crippen LogP) is 3.20. The van der Waals surface area contributed by atoms with E-state index in [1.54, 1.807) is 0 Å². The number of rotatable bonds is 6. The second-order valence-corrected chi connectivity index (χ2v) is 5.83. The van der Waals surface area contributed by atoms with Crippen molar-refractivity contribution in [3.05, 3.63) is 0 Å². The van der Waals surface area contributed by atoms with Crippen LogP contribution in [0.25, 0.3) is 0 Å². The highest BCUT2D eigenvalue weighted by Gasteiger charge is 2.31. The van der Waals surface area contributed by atoms with Crippen LogP contribution in [0.4, 0.5) is 0 Å². The summed E-state index contributed by atoms with van der Waals surface area (Å²) >= 11 is 0. The molecule has 0 bridgehead atoms. The van der Waals surface area contributed by atoms with Crippen LogP contribution in [0.2, 0.25) is 0 Å². The van der Waals surface area contributed by atoms with Gasteiger partial charge in [0.1, 0.15) is 6.10 Å². The lowest BCUT2D eigenvalue weighted by molar-refractivity contribution is -0.132. The second-order valence-electron chi connectivity index (χ2n) is 5.83. The van der Waals surface area contributed by atoms with Gasteiger partial charge in [0.25, 0.3) is 0 Å². The van der Waals surface area contributed by atoms with Gasteiger partial charge in [0.2, 0.25) is 0 Å². The maximum absolute atomic E-state index is 12.0. The Labute approximate surface area is 93.4 Å². The van der Waals surface area contributed by atoms with E-state index in [1.807, 2.05) is 6.92 Å². The van der Waals surface area contributed by atoms with E-state index < -0.39 is 0 Å². The molecule has 1 unspecified atom stereocenters. The molecule has 0 aromatic heterocycles. The van der Waals surface area contributed by atoms with Crippen molar-refractivity contribution in [2.45, 2.75) is 59.5 Å². The molecule has 0 N–H and O–H groups in total. The fourth-order valence-electron chi connectivity index (χ4n) is 1.79. The highest BCUT2D eigenvalue weighted by Crippen LogP contribution is 2.35. The molecular formula is C13H24O2. The third kappa shape index (κ3) is 5.31. The van der Waals surface area contributed by atoms with Gasteiger partial charge in [0.15, 0.2) is 5.78 Å². The smallest absolute Gasteiger partial charge is 0.162 e. The highest BCUT2D eigenvalue weighted by atomic mass is 16.5. The zero-order valence-electron chi connectivity index (χ0n) is 10.5. The van der Waals surface area contributed by atoms with E-state index in [9.17, 15) is 4.79 Å². The molecule has 1 saturated carbocycles. The zero-order chi connectivity index (χ0) is 11.5. The van der Waals surface area contributed by atoms with Gasteiger partial charge in [-0.2, -0.15) is 0 Å². The van der Waals surface area contributed by atoms with Crippen molar-refractivity contribution in [2.24, 2.45) is 11.3 Å². The first kappa shape index (κ1) is 12.7. The van der Waals surface area contributed by atoms with Crippen molar-refractivity contribution in [3.8, 4) is 0 Å². The minimum absolute atomic E-state index is 0.0794. The van der Waals surface area contributed by atoms with Crippen molar-refractivity contribution in [1.82, 2.24) is 0 Å². The quantitative estimate of drug-likeness (QED) is 0.676. The topological polar surface area (TPSA) is 26.3 Å². The molecule has 1 aliphatic carbocycles. The molecule has 0 aromatic carbocycles. The molecule has 0 spiro atoms. The molecule has 1 atom stereocenters. The molecule has 0 aliphatic heterocycles. The summed E-state index contributed by atoms with van der Waals surface area (Å²) in [6, 6.07) is 0. The molecule has 15 heavy (non-hydrogen) atoms. The van der Waals surface area contributed by atoms with Gasteiger partial charge in [-0.25, -0.2) is 0 Å². The predicted molar refractivity (Wildman–Crippen MR) is 61.8 cm³/mol. The van der Waals surface area contributed by atoms with Crippen molar-refractivity contribution in [1.29, 1.82) is 0 Å². The summed E-state index contributed by atoms with van der Waals surface area (Å²) in [4.78, 5) is 12.0. The number of Topliss-reactive ketones (excluding diaryl/α,β-unsaturated/α-hetero) is 1. The van der Waals surface area contributed by atoms with Gasteiger partial charge < -0.3 is 4.74 Å². The normalized spacial score (nSPS) is 18.9. The molecule has 0 heterocycles. The lowest BCUT2D eigenvalue weighted by Gasteiger charge is -2.22. The molecule has 0 aromatic rings. The Bertz CT molecular complexity index is 211. The van der Waals surface area contributed by atoms with E-state index in [2.05, 4.69) is 20.8 Å². The number of carbonyl (C=O) groups excluding carboxylic acids is 1. The zero-order valence-corrected chi connectivity index (χ0v) is 10.5. The van der Waals surface area contributed by atoms with Gasteiger partial charge in [-0.1, -0.05) is 33.6 Å². The molecule has 0 amide bonds. The van der Waals surface area contributed by atoms with E-state index in [0.717, 1.165) is 12.3 Å². The first-order valence-electron chi connectivity index (χ1n) is 6.06. The van der Waals surface area contributed by atoms with Crippen LogP contribution in [0, 0.1) is 11.3 Å². The standard InChI is InChI=1S/C13H24O2/c1-5-15-12(8-10-6-7-10)11(14)9-13(2,3)4/h10,12H,5-9H2,1-4H3. The fourth-order valence-corrected chi connectivity index (χ4v) is 1.79. The van der Waals surface area contributed by atoms with Gasteiger partial charge in [-0.05, 0) is 24.7 Å². The van der Waals surface area contributed by atoms with Crippen LogP contribution < -0.4 is 0 Å². The Morgan fingerprint density at radius 3 is 2.40 bits per heavy atom. The highest BCUT2D eigenvalue weighted by molar-refractivity contribution is 5.83. The monoisotopic (exact) mass is 212 g/mol. The van der Waals surface area contributed by atoms with Crippen LogP contribution in [0.3, 0.4) is 0 Å². The fraction of sp³-hybridized carbons (Fsp3) is 0.923. The number of ether oxygens (including phenoxy) is 1. The Hall–Kier alpha value is -0.370. The molecule has 88 valence electrons. The summed E-state index contributed by atoms with van der Waals surface area (Å²) in [5.74, 6) is 1.04. The van der Waals surface area contributed by atoms with Crippen LogP contribution in [0.1, 0.15) is 53.4 Å². The summed E-state index contributed by atoms with van der Waals surface area (Å²) in [7, 11) is 0. The summed E-state index contributed by atoms with van der Waals surface area (Å²) < 4.78 is 5.55. The second kappa shape index (κ2) is 5.11. The molecule has 2 nitrogen and oxygen atoms in total. The third-order valence-electron chi connectivity index (χ3n) is 2.68. The van der Waals surface area contributed by atoms with Crippen molar-refractivity contribution in [2.75, 3.05) is 6.61 Å².